The van der Waals surface area contributed by atoms with Gasteiger partial charge in [0, 0.05) is 15.4 Å². The minimum Gasteiger partial charge on any atom is -0.450 e. The van der Waals surface area contributed by atoms with Crippen molar-refractivity contribution in [2.24, 2.45) is 5.10 Å². The molecule has 4 nitrogen and oxygen atoms in total. The molecule has 0 saturated carbocycles. The van der Waals surface area contributed by atoms with Crippen LogP contribution in [0.5, 0.6) is 0 Å². The number of hydrogen-bond acceptors (Lipinski definition) is 3. The Kier molecular flexibility index (Phi) is 5.29. The second kappa shape index (κ2) is 7.29. The number of carbonyl (C=O) groups excluding carboxylic acids is 1. The number of aryl methyl sites for hydroxylation is 3. The van der Waals surface area contributed by atoms with Crippen LogP contribution in [0.3, 0.4) is 0 Å². The van der Waals surface area contributed by atoms with E-state index < -0.39 is 0 Å². The average molecular weight is 511 g/mol. The van der Waals surface area contributed by atoms with Gasteiger partial charge in [0.15, 0.2) is 5.76 Å². The number of hydrazone groups is 1. The number of furan rings is 1. The number of fused-ring (bicyclic) bond motifs is 1. The molecule has 1 amide bonds. The van der Waals surface area contributed by atoms with E-state index in [0.29, 0.717) is 5.58 Å². The number of hydrogen-bond donors (Lipinski definition) is 1. The van der Waals surface area contributed by atoms with E-state index in [4.69, 9.17) is 4.42 Å². The van der Waals surface area contributed by atoms with Gasteiger partial charge in [-0.25, -0.2) is 5.43 Å². The van der Waals surface area contributed by atoms with Gasteiger partial charge in [0.05, 0.1) is 9.78 Å². The molecule has 0 aliphatic heterocycles. The molecule has 6 heteroatoms. The topological polar surface area (TPSA) is 54.6 Å². The minimum absolute atomic E-state index is 0.237. The van der Waals surface area contributed by atoms with Crippen LogP contribution in [0.1, 0.15) is 32.8 Å². The average Bonchev–Trinajstić information content (AvgIpc) is 2.94. The minimum atomic E-state index is -0.373. The van der Waals surface area contributed by atoms with Crippen molar-refractivity contribution in [3.63, 3.8) is 0 Å². The number of amides is 1. The highest BCUT2D eigenvalue weighted by Crippen LogP contribution is 2.28. The van der Waals surface area contributed by atoms with Crippen LogP contribution in [-0.2, 0) is 0 Å². The molecule has 0 aliphatic carbocycles. The van der Waals surface area contributed by atoms with E-state index in [-0.39, 0.29) is 11.7 Å². The summed E-state index contributed by atoms with van der Waals surface area (Å²) in [7, 11) is 0. The van der Waals surface area contributed by atoms with E-state index in [9.17, 15) is 4.79 Å². The molecule has 0 atom stereocenters. The first-order chi connectivity index (χ1) is 11.8. The van der Waals surface area contributed by atoms with E-state index in [1.54, 1.807) is 12.3 Å². The zero-order chi connectivity index (χ0) is 18.1. The van der Waals surface area contributed by atoms with Crippen molar-refractivity contribution in [3.8, 4) is 0 Å². The smallest absolute Gasteiger partial charge is 0.307 e. The van der Waals surface area contributed by atoms with E-state index in [2.05, 4.69) is 68.1 Å². The Morgan fingerprint density at radius 1 is 1.16 bits per heavy atom. The monoisotopic (exact) mass is 510 g/mol. The Morgan fingerprint density at radius 2 is 1.84 bits per heavy atom. The highest BCUT2D eigenvalue weighted by Gasteiger charge is 2.14. The number of nitrogens with zero attached hydrogens (tertiary/aromatic N) is 1. The molecule has 0 unspecified atom stereocenters. The zero-order valence-corrected chi connectivity index (χ0v) is 17.7. The first-order valence-electron chi connectivity index (χ1n) is 7.65. The second-order valence-electron chi connectivity index (χ2n) is 5.93. The highest BCUT2D eigenvalue weighted by molar-refractivity contribution is 14.1. The van der Waals surface area contributed by atoms with Crippen molar-refractivity contribution in [2.45, 2.75) is 20.8 Å². The molecule has 1 aromatic heterocycles. The lowest BCUT2D eigenvalue weighted by Gasteiger charge is -2.06. The van der Waals surface area contributed by atoms with Gasteiger partial charge in [0.1, 0.15) is 5.58 Å². The van der Waals surface area contributed by atoms with Gasteiger partial charge in [-0.3, -0.25) is 4.79 Å². The molecular formula is C19H16BrIN2O2. The molecule has 0 spiro atoms. The summed E-state index contributed by atoms with van der Waals surface area (Å²) >= 11 is 5.63. The largest absolute Gasteiger partial charge is 0.450 e. The van der Waals surface area contributed by atoms with E-state index in [0.717, 1.165) is 30.1 Å². The molecule has 0 saturated heterocycles. The maximum atomic E-state index is 12.3. The first kappa shape index (κ1) is 18.1. The summed E-state index contributed by atoms with van der Waals surface area (Å²) in [5.41, 5.74) is 7.69. The van der Waals surface area contributed by atoms with Crippen molar-refractivity contribution in [2.75, 3.05) is 0 Å². The van der Waals surface area contributed by atoms with Crippen molar-refractivity contribution < 1.29 is 9.21 Å². The van der Waals surface area contributed by atoms with Gasteiger partial charge in [-0.1, -0.05) is 33.6 Å². The molecule has 1 N–H and O–H groups in total. The lowest BCUT2D eigenvalue weighted by atomic mass is 10.0. The number of benzene rings is 2. The molecule has 3 aromatic rings. The lowest BCUT2D eigenvalue weighted by molar-refractivity contribution is 0.0929. The number of rotatable bonds is 3. The van der Waals surface area contributed by atoms with Crippen molar-refractivity contribution >= 4 is 61.6 Å². The fourth-order valence-corrected chi connectivity index (χ4v) is 4.45. The fraction of sp³-hybridized carbons (Fsp3) is 0.158. The van der Waals surface area contributed by atoms with E-state index in [1.807, 2.05) is 26.0 Å². The summed E-state index contributed by atoms with van der Waals surface area (Å²) in [5.74, 6) is -0.137. The molecule has 0 bridgehead atoms. The Labute approximate surface area is 167 Å². The summed E-state index contributed by atoms with van der Waals surface area (Å²) in [5, 5.41) is 4.96. The van der Waals surface area contributed by atoms with Gasteiger partial charge < -0.3 is 4.42 Å². The predicted molar refractivity (Wildman–Crippen MR) is 112 cm³/mol. The molecule has 0 fully saturated rings. The van der Waals surface area contributed by atoms with Crippen molar-refractivity contribution in [3.05, 3.63) is 66.4 Å². The van der Waals surface area contributed by atoms with Crippen LogP contribution in [0.2, 0.25) is 0 Å². The quantitative estimate of drug-likeness (QED) is 0.288. The predicted octanol–water partition coefficient (Wildman–Crippen LogP) is 5.49. The summed E-state index contributed by atoms with van der Waals surface area (Å²) < 4.78 is 7.55. The third-order valence-corrected chi connectivity index (χ3v) is 5.12. The molecule has 2 aromatic carbocycles. The van der Waals surface area contributed by atoms with Crippen LogP contribution in [0, 0.1) is 24.3 Å². The van der Waals surface area contributed by atoms with Crippen molar-refractivity contribution in [1.29, 1.82) is 0 Å². The van der Waals surface area contributed by atoms with Crippen LogP contribution < -0.4 is 5.43 Å². The fourth-order valence-electron chi connectivity index (χ4n) is 2.79. The lowest BCUT2D eigenvalue weighted by Crippen LogP contribution is -2.17. The SMILES string of the molecule is Cc1cc(C)c(/C=N\NC(=O)c2cc3cc(Br)cc(I)c3o2)c(C)c1. The van der Waals surface area contributed by atoms with Gasteiger partial charge in [-0.05, 0) is 72.7 Å². The van der Waals surface area contributed by atoms with Gasteiger partial charge >= 0.3 is 5.91 Å². The normalized spacial score (nSPS) is 11.4. The Balaban J connectivity index is 1.80. The third kappa shape index (κ3) is 3.95. The van der Waals surface area contributed by atoms with Crippen LogP contribution in [-0.4, -0.2) is 12.1 Å². The van der Waals surface area contributed by atoms with Gasteiger partial charge in [0.2, 0.25) is 0 Å². The number of carbonyl (C=O) groups is 1. The highest BCUT2D eigenvalue weighted by atomic mass is 127. The number of halogens is 2. The third-order valence-electron chi connectivity index (χ3n) is 3.86. The standard InChI is InChI=1S/C19H16BrIN2O2/c1-10-4-11(2)15(12(3)5-10)9-22-23-19(24)17-7-13-6-14(20)8-16(21)18(13)25-17/h4-9H,1-3H3,(H,23,24)/b22-9-. The molecular weight excluding hydrogens is 495 g/mol. The summed E-state index contributed by atoms with van der Waals surface area (Å²) in [6.07, 6.45) is 1.67. The van der Waals surface area contributed by atoms with Gasteiger partial charge in [-0.2, -0.15) is 5.10 Å². The van der Waals surface area contributed by atoms with Crippen LogP contribution in [0.15, 0.2) is 44.3 Å². The molecule has 0 radical (unpaired) electrons. The Bertz CT molecular complexity index is 985. The summed E-state index contributed by atoms with van der Waals surface area (Å²) in [4.78, 5) is 12.3. The zero-order valence-electron chi connectivity index (χ0n) is 14.0. The maximum Gasteiger partial charge on any atom is 0.307 e. The number of nitrogens with one attached hydrogen (secondary N) is 1. The van der Waals surface area contributed by atoms with Crippen molar-refractivity contribution in [1.82, 2.24) is 5.43 Å². The Hall–Kier alpha value is -1.67. The van der Waals surface area contributed by atoms with Gasteiger partial charge in [0.25, 0.3) is 0 Å². The molecule has 0 aliphatic rings. The van der Waals surface area contributed by atoms with Gasteiger partial charge in [-0.15, -0.1) is 0 Å². The van der Waals surface area contributed by atoms with E-state index >= 15 is 0 Å². The molecule has 3 rings (SSSR count). The summed E-state index contributed by atoms with van der Waals surface area (Å²) in [6.45, 7) is 6.12. The van der Waals surface area contributed by atoms with Crippen LogP contribution in [0.25, 0.3) is 11.0 Å². The maximum absolute atomic E-state index is 12.3. The molecule has 1 heterocycles. The Morgan fingerprint density at radius 3 is 2.52 bits per heavy atom. The van der Waals surface area contributed by atoms with Crippen LogP contribution >= 0.6 is 38.5 Å². The molecule has 25 heavy (non-hydrogen) atoms. The first-order valence-corrected chi connectivity index (χ1v) is 9.52. The van der Waals surface area contributed by atoms with Crippen LogP contribution in [0.4, 0.5) is 0 Å². The second-order valence-corrected chi connectivity index (χ2v) is 8.01. The molecule has 128 valence electrons. The van der Waals surface area contributed by atoms with E-state index in [1.165, 1.54) is 5.56 Å². The summed E-state index contributed by atoms with van der Waals surface area (Å²) in [6, 6.07) is 9.76.